The Labute approximate surface area is 74.5 Å². The first-order valence-corrected chi connectivity index (χ1v) is 5.50. The first kappa shape index (κ1) is 7.37. The molecular weight excluding hydrogens is 148 g/mol. The van der Waals surface area contributed by atoms with Crippen LogP contribution in [0.15, 0.2) is 0 Å². The van der Waals surface area contributed by atoms with Crippen LogP contribution >= 0.6 is 0 Å². The molecule has 0 radical (unpaired) electrons. The molecule has 1 heterocycles. The number of fused-ring (bicyclic) bond motifs is 3. The molecule has 1 aliphatic heterocycles. The van der Waals surface area contributed by atoms with Crippen molar-refractivity contribution in [3.05, 3.63) is 0 Å². The molecule has 0 aromatic heterocycles. The Balaban J connectivity index is 1.73. The maximum absolute atomic E-state index is 5.68. The summed E-state index contributed by atoms with van der Waals surface area (Å²) in [5.41, 5.74) is 0. The van der Waals surface area contributed by atoms with E-state index in [2.05, 4.69) is 6.92 Å². The summed E-state index contributed by atoms with van der Waals surface area (Å²) < 4.78 is 5.68. The Morgan fingerprint density at radius 1 is 1.08 bits per heavy atom. The molecular formula is C11H18O. The summed E-state index contributed by atoms with van der Waals surface area (Å²) >= 11 is 0. The Hall–Kier alpha value is -0.0400. The van der Waals surface area contributed by atoms with Gasteiger partial charge in [-0.05, 0) is 43.4 Å². The number of rotatable bonds is 0. The van der Waals surface area contributed by atoms with Crippen molar-refractivity contribution in [2.24, 2.45) is 17.8 Å². The fraction of sp³-hybridized carbons (Fsp3) is 1.00. The van der Waals surface area contributed by atoms with E-state index in [1.54, 1.807) is 0 Å². The molecule has 0 amide bonds. The van der Waals surface area contributed by atoms with E-state index in [4.69, 9.17) is 4.74 Å². The van der Waals surface area contributed by atoms with Crippen LogP contribution in [0.3, 0.4) is 0 Å². The standard InChI is InChI=1S/C11H18O/c1-7-2-4-9-8(6-7)3-5-10-11(9)12-10/h7-11H,2-6H2,1H3. The molecule has 0 N–H and O–H groups in total. The Morgan fingerprint density at radius 3 is 2.92 bits per heavy atom. The van der Waals surface area contributed by atoms with Gasteiger partial charge in [-0.1, -0.05) is 13.3 Å². The molecule has 3 rings (SSSR count). The maximum Gasteiger partial charge on any atom is 0.0872 e. The van der Waals surface area contributed by atoms with E-state index in [0.717, 1.165) is 17.8 Å². The van der Waals surface area contributed by atoms with Gasteiger partial charge in [-0.2, -0.15) is 0 Å². The normalized spacial score (nSPS) is 57.2. The van der Waals surface area contributed by atoms with E-state index in [9.17, 15) is 0 Å². The molecule has 12 heavy (non-hydrogen) atoms. The minimum absolute atomic E-state index is 0.694. The lowest BCUT2D eigenvalue weighted by Gasteiger charge is -2.36. The highest BCUT2D eigenvalue weighted by atomic mass is 16.6. The van der Waals surface area contributed by atoms with Gasteiger partial charge < -0.3 is 4.74 Å². The molecule has 0 aromatic carbocycles. The minimum Gasteiger partial charge on any atom is -0.369 e. The Morgan fingerprint density at radius 2 is 2.00 bits per heavy atom. The molecule has 2 aliphatic carbocycles. The third-order valence-corrected chi connectivity index (χ3v) is 4.17. The third-order valence-electron chi connectivity index (χ3n) is 4.17. The lowest BCUT2D eigenvalue weighted by Crippen LogP contribution is -2.31. The number of hydrogen-bond donors (Lipinski definition) is 0. The third kappa shape index (κ3) is 1.02. The zero-order valence-corrected chi connectivity index (χ0v) is 7.83. The molecule has 68 valence electrons. The van der Waals surface area contributed by atoms with Gasteiger partial charge in [0.25, 0.3) is 0 Å². The maximum atomic E-state index is 5.68. The lowest BCUT2D eigenvalue weighted by atomic mass is 9.68. The van der Waals surface area contributed by atoms with Gasteiger partial charge >= 0.3 is 0 Å². The van der Waals surface area contributed by atoms with Gasteiger partial charge in [-0.15, -0.1) is 0 Å². The highest BCUT2D eigenvalue weighted by Crippen LogP contribution is 2.50. The van der Waals surface area contributed by atoms with Gasteiger partial charge in [-0.3, -0.25) is 0 Å². The predicted molar refractivity (Wildman–Crippen MR) is 47.9 cm³/mol. The second-order valence-electron chi connectivity index (χ2n) is 5.06. The molecule has 3 aliphatic rings. The number of hydrogen-bond acceptors (Lipinski definition) is 1. The fourth-order valence-corrected chi connectivity index (χ4v) is 3.43. The predicted octanol–water partition coefficient (Wildman–Crippen LogP) is 2.60. The quantitative estimate of drug-likeness (QED) is 0.504. The topological polar surface area (TPSA) is 12.5 Å². The summed E-state index contributed by atoms with van der Waals surface area (Å²) in [6.07, 6.45) is 8.60. The van der Waals surface area contributed by atoms with Crippen LogP contribution in [-0.4, -0.2) is 12.2 Å². The molecule has 0 bridgehead atoms. The van der Waals surface area contributed by atoms with Crippen molar-refractivity contribution in [1.29, 1.82) is 0 Å². The second-order valence-corrected chi connectivity index (χ2v) is 5.06. The molecule has 3 fully saturated rings. The van der Waals surface area contributed by atoms with Gasteiger partial charge in [0.1, 0.15) is 0 Å². The number of ether oxygens (including phenoxy) is 1. The van der Waals surface area contributed by atoms with Crippen LogP contribution < -0.4 is 0 Å². The zero-order valence-electron chi connectivity index (χ0n) is 7.83. The highest BCUT2D eigenvalue weighted by molar-refractivity contribution is 4.99. The van der Waals surface area contributed by atoms with Crippen molar-refractivity contribution in [2.45, 2.75) is 51.2 Å². The van der Waals surface area contributed by atoms with Gasteiger partial charge in [0.15, 0.2) is 0 Å². The van der Waals surface area contributed by atoms with Crippen molar-refractivity contribution >= 4 is 0 Å². The average molecular weight is 166 g/mol. The summed E-state index contributed by atoms with van der Waals surface area (Å²) in [7, 11) is 0. The molecule has 5 atom stereocenters. The molecule has 1 nitrogen and oxygen atoms in total. The summed E-state index contributed by atoms with van der Waals surface area (Å²) in [5, 5.41) is 0. The number of epoxide rings is 1. The van der Waals surface area contributed by atoms with Crippen molar-refractivity contribution in [3.63, 3.8) is 0 Å². The first-order chi connectivity index (χ1) is 5.84. The van der Waals surface area contributed by atoms with Crippen molar-refractivity contribution in [3.8, 4) is 0 Å². The van der Waals surface area contributed by atoms with Gasteiger partial charge in [0.05, 0.1) is 12.2 Å². The molecule has 1 saturated heterocycles. The van der Waals surface area contributed by atoms with E-state index in [1.807, 2.05) is 0 Å². The van der Waals surface area contributed by atoms with Gasteiger partial charge in [0, 0.05) is 0 Å². The van der Waals surface area contributed by atoms with Crippen molar-refractivity contribution in [2.75, 3.05) is 0 Å². The van der Waals surface area contributed by atoms with Crippen molar-refractivity contribution in [1.82, 2.24) is 0 Å². The fourth-order valence-electron chi connectivity index (χ4n) is 3.43. The van der Waals surface area contributed by atoms with E-state index >= 15 is 0 Å². The van der Waals surface area contributed by atoms with E-state index < -0.39 is 0 Å². The summed E-state index contributed by atoms with van der Waals surface area (Å²) in [5.74, 6) is 2.97. The van der Waals surface area contributed by atoms with Crippen LogP contribution in [0.2, 0.25) is 0 Å². The Kier molecular flexibility index (Phi) is 1.52. The van der Waals surface area contributed by atoms with Crippen LogP contribution in [0.1, 0.15) is 39.0 Å². The van der Waals surface area contributed by atoms with E-state index in [0.29, 0.717) is 12.2 Å². The van der Waals surface area contributed by atoms with Crippen molar-refractivity contribution < 1.29 is 4.74 Å². The van der Waals surface area contributed by atoms with E-state index in [1.165, 1.54) is 32.1 Å². The monoisotopic (exact) mass is 166 g/mol. The SMILES string of the molecule is CC1CCC2C(CCC3OC32)C1. The van der Waals surface area contributed by atoms with Crippen LogP contribution in [-0.2, 0) is 4.74 Å². The van der Waals surface area contributed by atoms with Gasteiger partial charge in [-0.25, -0.2) is 0 Å². The van der Waals surface area contributed by atoms with Crippen LogP contribution in [0.25, 0.3) is 0 Å². The molecule has 0 spiro atoms. The summed E-state index contributed by atoms with van der Waals surface area (Å²) in [6, 6.07) is 0. The van der Waals surface area contributed by atoms with Crippen LogP contribution in [0, 0.1) is 17.8 Å². The molecule has 2 saturated carbocycles. The zero-order chi connectivity index (χ0) is 8.13. The summed E-state index contributed by atoms with van der Waals surface area (Å²) in [4.78, 5) is 0. The summed E-state index contributed by atoms with van der Waals surface area (Å²) in [6.45, 7) is 2.41. The largest absolute Gasteiger partial charge is 0.369 e. The lowest BCUT2D eigenvalue weighted by molar-refractivity contribution is 0.142. The smallest absolute Gasteiger partial charge is 0.0872 e. The molecule has 5 unspecified atom stereocenters. The van der Waals surface area contributed by atoms with E-state index in [-0.39, 0.29) is 0 Å². The first-order valence-electron chi connectivity index (χ1n) is 5.50. The molecule has 0 aromatic rings. The highest BCUT2D eigenvalue weighted by Gasteiger charge is 2.51. The average Bonchev–Trinajstić information content (AvgIpc) is 2.82. The minimum atomic E-state index is 0.694. The molecule has 1 heteroatoms. The van der Waals surface area contributed by atoms with Crippen LogP contribution in [0.4, 0.5) is 0 Å². The second kappa shape index (κ2) is 2.47. The van der Waals surface area contributed by atoms with Crippen LogP contribution in [0.5, 0.6) is 0 Å². The Bertz CT molecular complexity index is 189. The van der Waals surface area contributed by atoms with Gasteiger partial charge in [0.2, 0.25) is 0 Å².